The maximum absolute atomic E-state index is 4.94. The molecule has 0 spiro atoms. The highest BCUT2D eigenvalue weighted by Gasteiger charge is 2.23. The Labute approximate surface area is 146 Å². The van der Waals surface area contributed by atoms with Gasteiger partial charge in [-0.2, -0.15) is 0 Å². The molecular weight excluding hydrogens is 308 g/mol. The summed E-state index contributed by atoms with van der Waals surface area (Å²) < 4.78 is 2.15. The van der Waals surface area contributed by atoms with Gasteiger partial charge in [0.25, 0.3) is 0 Å². The van der Waals surface area contributed by atoms with Crippen LogP contribution >= 0.6 is 0 Å². The maximum atomic E-state index is 4.94. The van der Waals surface area contributed by atoms with Crippen LogP contribution in [0.1, 0.15) is 24.3 Å². The Hall–Kier alpha value is -2.88. The molecule has 0 atom stereocenters. The van der Waals surface area contributed by atoms with E-state index < -0.39 is 0 Å². The predicted molar refractivity (Wildman–Crippen MR) is 101 cm³/mol. The molecule has 1 aromatic carbocycles. The molecule has 4 nitrogen and oxygen atoms in total. The van der Waals surface area contributed by atoms with Gasteiger partial charge in [-0.05, 0) is 48.6 Å². The lowest BCUT2D eigenvalue weighted by atomic mass is 9.89. The summed E-state index contributed by atoms with van der Waals surface area (Å²) in [5.41, 5.74) is 4.48. The smallest absolute Gasteiger partial charge is 0.163 e. The Morgan fingerprint density at radius 3 is 2.56 bits per heavy atom. The van der Waals surface area contributed by atoms with E-state index in [4.69, 9.17) is 4.98 Å². The average molecular weight is 328 g/mol. The fourth-order valence-electron chi connectivity index (χ4n) is 3.96. The van der Waals surface area contributed by atoms with Crippen molar-refractivity contribution in [1.82, 2.24) is 14.4 Å². The summed E-state index contributed by atoms with van der Waals surface area (Å²) in [5, 5.41) is 0. The Balaban J connectivity index is 1.49. The SMILES string of the molecule is c1ccc(C2CCN(c3nc4cccnc4n4cccc34)CC2)cc1. The minimum absolute atomic E-state index is 0.655. The third-order valence-electron chi connectivity index (χ3n) is 5.26. The van der Waals surface area contributed by atoms with Crippen molar-refractivity contribution in [1.29, 1.82) is 0 Å². The molecule has 124 valence electrons. The first-order chi connectivity index (χ1) is 12.4. The molecule has 25 heavy (non-hydrogen) atoms. The average Bonchev–Trinajstić information content (AvgIpc) is 3.18. The molecular formula is C21H20N4. The standard InChI is InChI=1S/C21H20N4/c1-2-6-16(7-3-1)17-10-14-24(15-11-17)21-19-9-5-13-25(19)20-18(23-21)8-4-12-22-20/h1-9,12-13,17H,10-11,14-15H2. The van der Waals surface area contributed by atoms with E-state index in [2.05, 4.69) is 62.9 Å². The van der Waals surface area contributed by atoms with Gasteiger partial charge in [-0.15, -0.1) is 0 Å². The van der Waals surface area contributed by atoms with E-state index >= 15 is 0 Å². The number of aromatic nitrogens is 3. The van der Waals surface area contributed by atoms with Crippen molar-refractivity contribution in [2.75, 3.05) is 18.0 Å². The van der Waals surface area contributed by atoms with Crippen LogP contribution in [0.2, 0.25) is 0 Å². The topological polar surface area (TPSA) is 33.4 Å². The molecule has 1 saturated heterocycles. The normalized spacial score (nSPS) is 15.9. The molecule has 0 N–H and O–H groups in total. The van der Waals surface area contributed by atoms with Gasteiger partial charge in [0.2, 0.25) is 0 Å². The number of pyridine rings is 1. The van der Waals surface area contributed by atoms with E-state index in [1.807, 2.05) is 18.3 Å². The van der Waals surface area contributed by atoms with Crippen LogP contribution in [0.5, 0.6) is 0 Å². The van der Waals surface area contributed by atoms with Gasteiger partial charge in [-0.1, -0.05) is 30.3 Å². The third kappa shape index (κ3) is 2.45. The number of piperidine rings is 1. The molecule has 0 unspecified atom stereocenters. The van der Waals surface area contributed by atoms with Crippen LogP contribution in [0, 0.1) is 0 Å². The van der Waals surface area contributed by atoms with E-state index in [9.17, 15) is 0 Å². The highest BCUT2D eigenvalue weighted by Crippen LogP contribution is 2.32. The second-order valence-electron chi connectivity index (χ2n) is 6.72. The van der Waals surface area contributed by atoms with Crippen molar-refractivity contribution in [3.05, 3.63) is 72.6 Å². The highest BCUT2D eigenvalue weighted by molar-refractivity contribution is 5.82. The summed E-state index contributed by atoms with van der Waals surface area (Å²) in [4.78, 5) is 11.9. The van der Waals surface area contributed by atoms with Crippen molar-refractivity contribution in [2.45, 2.75) is 18.8 Å². The largest absolute Gasteiger partial charge is 0.355 e. The monoisotopic (exact) mass is 328 g/mol. The lowest BCUT2D eigenvalue weighted by Crippen LogP contribution is -2.33. The van der Waals surface area contributed by atoms with Gasteiger partial charge in [-0.3, -0.25) is 4.40 Å². The fraction of sp³-hybridized carbons (Fsp3) is 0.238. The lowest BCUT2D eigenvalue weighted by molar-refractivity contribution is 0.503. The number of hydrogen-bond acceptors (Lipinski definition) is 3. The first kappa shape index (κ1) is 14.5. The summed E-state index contributed by atoms with van der Waals surface area (Å²) in [6, 6.07) is 19.1. The van der Waals surface area contributed by atoms with Crippen LogP contribution in [-0.2, 0) is 0 Å². The van der Waals surface area contributed by atoms with Crippen molar-refractivity contribution in [2.24, 2.45) is 0 Å². The van der Waals surface area contributed by atoms with Crippen LogP contribution in [0.25, 0.3) is 16.7 Å². The number of hydrogen-bond donors (Lipinski definition) is 0. The number of fused-ring (bicyclic) bond motifs is 3. The van der Waals surface area contributed by atoms with Gasteiger partial charge in [-0.25, -0.2) is 9.97 Å². The molecule has 0 bridgehead atoms. The molecule has 0 radical (unpaired) electrons. The Kier molecular flexibility index (Phi) is 3.40. The van der Waals surface area contributed by atoms with E-state index in [0.717, 1.165) is 35.6 Å². The summed E-state index contributed by atoms with van der Waals surface area (Å²) >= 11 is 0. The molecule has 1 aliphatic rings. The zero-order valence-corrected chi connectivity index (χ0v) is 14.0. The number of rotatable bonds is 2. The third-order valence-corrected chi connectivity index (χ3v) is 5.26. The van der Waals surface area contributed by atoms with Crippen LogP contribution in [-0.4, -0.2) is 27.5 Å². The van der Waals surface area contributed by atoms with E-state index in [1.54, 1.807) is 0 Å². The zero-order valence-electron chi connectivity index (χ0n) is 14.0. The number of anilines is 1. The molecule has 4 heteroatoms. The molecule has 0 saturated carbocycles. The van der Waals surface area contributed by atoms with Crippen molar-refractivity contribution >= 4 is 22.5 Å². The van der Waals surface area contributed by atoms with Gasteiger partial charge < -0.3 is 4.90 Å². The molecule has 0 amide bonds. The molecule has 4 aromatic rings. The Bertz CT molecular complexity index is 1010. The van der Waals surface area contributed by atoms with E-state index in [0.29, 0.717) is 5.92 Å². The van der Waals surface area contributed by atoms with Crippen molar-refractivity contribution in [3.63, 3.8) is 0 Å². The fourth-order valence-corrected chi connectivity index (χ4v) is 3.96. The van der Waals surface area contributed by atoms with Gasteiger partial charge >= 0.3 is 0 Å². The van der Waals surface area contributed by atoms with Crippen LogP contribution < -0.4 is 4.90 Å². The first-order valence-electron chi connectivity index (χ1n) is 8.92. The minimum atomic E-state index is 0.655. The molecule has 1 aliphatic heterocycles. The lowest BCUT2D eigenvalue weighted by Gasteiger charge is -2.33. The zero-order chi connectivity index (χ0) is 16.6. The summed E-state index contributed by atoms with van der Waals surface area (Å²) in [6.45, 7) is 2.08. The highest BCUT2D eigenvalue weighted by atomic mass is 15.2. The summed E-state index contributed by atoms with van der Waals surface area (Å²) in [6.07, 6.45) is 6.24. The summed E-state index contributed by atoms with van der Waals surface area (Å²) in [5.74, 6) is 1.74. The van der Waals surface area contributed by atoms with Crippen molar-refractivity contribution < 1.29 is 0 Å². The molecule has 3 aromatic heterocycles. The first-order valence-corrected chi connectivity index (χ1v) is 8.92. The maximum Gasteiger partial charge on any atom is 0.163 e. The van der Waals surface area contributed by atoms with Crippen LogP contribution in [0.4, 0.5) is 5.82 Å². The number of benzene rings is 1. The van der Waals surface area contributed by atoms with Crippen molar-refractivity contribution in [3.8, 4) is 0 Å². The van der Waals surface area contributed by atoms with E-state index in [1.165, 1.54) is 18.4 Å². The van der Waals surface area contributed by atoms with Gasteiger partial charge in [0.1, 0.15) is 5.52 Å². The van der Waals surface area contributed by atoms with Gasteiger partial charge in [0.05, 0.1) is 5.52 Å². The van der Waals surface area contributed by atoms with Crippen LogP contribution in [0.15, 0.2) is 67.0 Å². The van der Waals surface area contributed by atoms with Crippen LogP contribution in [0.3, 0.4) is 0 Å². The summed E-state index contributed by atoms with van der Waals surface area (Å²) in [7, 11) is 0. The number of nitrogens with zero attached hydrogens (tertiary/aromatic N) is 4. The Morgan fingerprint density at radius 1 is 0.880 bits per heavy atom. The second-order valence-corrected chi connectivity index (χ2v) is 6.72. The predicted octanol–water partition coefficient (Wildman–Crippen LogP) is 4.27. The minimum Gasteiger partial charge on any atom is -0.355 e. The molecule has 0 aliphatic carbocycles. The Morgan fingerprint density at radius 2 is 1.72 bits per heavy atom. The quantitative estimate of drug-likeness (QED) is 0.551. The second kappa shape index (κ2) is 5.88. The van der Waals surface area contributed by atoms with Gasteiger partial charge in [0.15, 0.2) is 11.5 Å². The van der Waals surface area contributed by atoms with Gasteiger partial charge in [0, 0.05) is 25.5 Å². The molecule has 4 heterocycles. The molecule has 1 fully saturated rings. The van der Waals surface area contributed by atoms with E-state index in [-0.39, 0.29) is 0 Å². The molecule has 5 rings (SSSR count).